The SMILES string of the molecule is O=C(O)/C=C/c1cc(N2CCSCC2)ccc1[N+](=O)[O-]. The molecule has 0 radical (unpaired) electrons. The summed E-state index contributed by atoms with van der Waals surface area (Å²) in [5, 5.41) is 19.6. The third kappa shape index (κ3) is 3.51. The Hall–Kier alpha value is -2.02. The van der Waals surface area contributed by atoms with Gasteiger partial charge in [-0.25, -0.2) is 4.79 Å². The minimum atomic E-state index is -1.13. The fourth-order valence-electron chi connectivity index (χ4n) is 2.02. The molecule has 7 heteroatoms. The van der Waals surface area contributed by atoms with Crippen molar-refractivity contribution < 1.29 is 14.8 Å². The molecule has 0 bridgehead atoms. The number of carboxylic acid groups (broad SMARTS) is 1. The quantitative estimate of drug-likeness (QED) is 0.521. The van der Waals surface area contributed by atoms with Gasteiger partial charge >= 0.3 is 5.97 Å². The minimum Gasteiger partial charge on any atom is -0.478 e. The van der Waals surface area contributed by atoms with Crippen LogP contribution in [-0.2, 0) is 4.79 Å². The first-order chi connectivity index (χ1) is 9.58. The molecule has 1 fully saturated rings. The highest BCUT2D eigenvalue weighted by Crippen LogP contribution is 2.27. The zero-order valence-corrected chi connectivity index (χ0v) is 11.5. The second-order valence-corrected chi connectivity index (χ2v) is 5.50. The second-order valence-electron chi connectivity index (χ2n) is 4.27. The maximum absolute atomic E-state index is 11.0. The van der Waals surface area contributed by atoms with E-state index >= 15 is 0 Å². The second kappa shape index (κ2) is 6.42. The van der Waals surface area contributed by atoms with E-state index in [2.05, 4.69) is 4.90 Å². The summed E-state index contributed by atoms with van der Waals surface area (Å²) in [6.45, 7) is 1.79. The molecule has 1 aromatic carbocycles. The van der Waals surface area contributed by atoms with Gasteiger partial charge in [-0.05, 0) is 18.2 Å². The topological polar surface area (TPSA) is 83.7 Å². The first-order valence-corrected chi connectivity index (χ1v) is 7.25. The summed E-state index contributed by atoms with van der Waals surface area (Å²) in [7, 11) is 0. The molecule has 106 valence electrons. The van der Waals surface area contributed by atoms with Crippen LogP contribution in [0.25, 0.3) is 6.08 Å². The van der Waals surface area contributed by atoms with Crippen LogP contribution in [0.2, 0.25) is 0 Å². The zero-order chi connectivity index (χ0) is 14.5. The average Bonchev–Trinajstić information content (AvgIpc) is 2.45. The Morgan fingerprint density at radius 1 is 1.40 bits per heavy atom. The van der Waals surface area contributed by atoms with Gasteiger partial charge < -0.3 is 10.0 Å². The Morgan fingerprint density at radius 2 is 2.10 bits per heavy atom. The van der Waals surface area contributed by atoms with Crippen LogP contribution in [0, 0.1) is 10.1 Å². The van der Waals surface area contributed by atoms with Crippen LogP contribution in [0.5, 0.6) is 0 Å². The monoisotopic (exact) mass is 294 g/mol. The normalized spacial score (nSPS) is 15.5. The van der Waals surface area contributed by atoms with E-state index in [-0.39, 0.29) is 5.69 Å². The summed E-state index contributed by atoms with van der Waals surface area (Å²) >= 11 is 1.88. The van der Waals surface area contributed by atoms with Crippen LogP contribution < -0.4 is 4.90 Å². The molecule has 6 nitrogen and oxygen atoms in total. The number of anilines is 1. The van der Waals surface area contributed by atoms with E-state index in [0.717, 1.165) is 36.4 Å². The summed E-state index contributed by atoms with van der Waals surface area (Å²) in [6.07, 6.45) is 2.18. The molecular formula is C13H14N2O4S. The molecule has 1 N–H and O–H groups in total. The van der Waals surface area contributed by atoms with Gasteiger partial charge in [-0.2, -0.15) is 11.8 Å². The van der Waals surface area contributed by atoms with E-state index in [0.29, 0.717) is 5.56 Å². The number of benzene rings is 1. The summed E-state index contributed by atoms with van der Waals surface area (Å²) in [6, 6.07) is 4.82. The number of hydrogen-bond donors (Lipinski definition) is 1. The number of rotatable bonds is 4. The van der Waals surface area contributed by atoms with Crippen molar-refractivity contribution in [2.75, 3.05) is 29.5 Å². The van der Waals surface area contributed by atoms with Gasteiger partial charge in [0.15, 0.2) is 0 Å². The molecule has 2 rings (SSSR count). The van der Waals surface area contributed by atoms with Crippen LogP contribution >= 0.6 is 11.8 Å². The maximum Gasteiger partial charge on any atom is 0.328 e. The molecule has 0 unspecified atom stereocenters. The molecule has 0 saturated carbocycles. The molecule has 1 aromatic rings. The molecule has 1 aliphatic heterocycles. The molecule has 0 amide bonds. The number of thioether (sulfide) groups is 1. The van der Waals surface area contributed by atoms with E-state index in [1.165, 1.54) is 12.1 Å². The summed E-state index contributed by atoms with van der Waals surface area (Å²) in [5.74, 6) is 0.924. The van der Waals surface area contributed by atoms with Crippen molar-refractivity contribution in [1.29, 1.82) is 0 Å². The Kier molecular flexibility index (Phi) is 4.62. The lowest BCUT2D eigenvalue weighted by molar-refractivity contribution is -0.385. The van der Waals surface area contributed by atoms with Gasteiger partial charge in [0.2, 0.25) is 0 Å². The number of carboxylic acids is 1. The first kappa shape index (κ1) is 14.4. The van der Waals surface area contributed by atoms with Crippen LogP contribution in [0.1, 0.15) is 5.56 Å². The van der Waals surface area contributed by atoms with E-state index in [1.54, 1.807) is 12.1 Å². The van der Waals surface area contributed by atoms with Gasteiger partial charge in [-0.15, -0.1) is 0 Å². The average molecular weight is 294 g/mol. The highest BCUT2D eigenvalue weighted by Gasteiger charge is 2.16. The summed E-state index contributed by atoms with van der Waals surface area (Å²) in [4.78, 5) is 23.2. The van der Waals surface area contributed by atoms with Gasteiger partial charge in [0.25, 0.3) is 5.69 Å². The lowest BCUT2D eigenvalue weighted by Crippen LogP contribution is -2.32. The van der Waals surface area contributed by atoms with Gasteiger partial charge in [0, 0.05) is 42.4 Å². The Balaban J connectivity index is 2.34. The number of carbonyl (C=O) groups is 1. The van der Waals surface area contributed by atoms with Crippen molar-refractivity contribution in [3.8, 4) is 0 Å². The molecule has 1 heterocycles. The molecule has 0 spiro atoms. The van der Waals surface area contributed by atoms with E-state index in [9.17, 15) is 14.9 Å². The smallest absolute Gasteiger partial charge is 0.328 e. The molecule has 1 saturated heterocycles. The van der Waals surface area contributed by atoms with E-state index < -0.39 is 10.9 Å². The van der Waals surface area contributed by atoms with Crippen molar-refractivity contribution >= 4 is 35.2 Å². The van der Waals surface area contributed by atoms with Crippen LogP contribution in [-0.4, -0.2) is 40.6 Å². The highest BCUT2D eigenvalue weighted by atomic mass is 32.2. The lowest BCUT2D eigenvalue weighted by Gasteiger charge is -2.28. The molecular weight excluding hydrogens is 280 g/mol. The van der Waals surface area contributed by atoms with Gasteiger partial charge in [0.1, 0.15) is 0 Å². The number of nitrogens with zero attached hydrogens (tertiary/aromatic N) is 2. The minimum absolute atomic E-state index is 0.0855. The van der Waals surface area contributed by atoms with Gasteiger partial charge in [-0.3, -0.25) is 10.1 Å². The summed E-state index contributed by atoms with van der Waals surface area (Å²) < 4.78 is 0. The van der Waals surface area contributed by atoms with Crippen molar-refractivity contribution in [3.63, 3.8) is 0 Å². The number of nitro benzene ring substituents is 1. The van der Waals surface area contributed by atoms with Crippen LogP contribution in [0.3, 0.4) is 0 Å². The molecule has 0 aromatic heterocycles. The number of aliphatic carboxylic acids is 1. The van der Waals surface area contributed by atoms with Crippen LogP contribution in [0.15, 0.2) is 24.3 Å². The standard InChI is InChI=1S/C13H14N2O4S/c16-13(17)4-1-10-9-11(2-3-12(10)15(18)19)14-5-7-20-8-6-14/h1-4,9H,5-8H2,(H,16,17)/b4-1+. The lowest BCUT2D eigenvalue weighted by atomic mass is 10.1. The number of hydrogen-bond acceptors (Lipinski definition) is 5. The third-order valence-electron chi connectivity index (χ3n) is 2.99. The van der Waals surface area contributed by atoms with E-state index in [4.69, 9.17) is 5.11 Å². The Morgan fingerprint density at radius 3 is 2.70 bits per heavy atom. The zero-order valence-electron chi connectivity index (χ0n) is 10.7. The maximum atomic E-state index is 11.0. The van der Waals surface area contributed by atoms with Crippen molar-refractivity contribution in [1.82, 2.24) is 0 Å². The molecule has 1 aliphatic rings. The fourth-order valence-corrected chi connectivity index (χ4v) is 2.92. The Labute approximate surface area is 120 Å². The molecule has 20 heavy (non-hydrogen) atoms. The van der Waals surface area contributed by atoms with E-state index in [1.807, 2.05) is 11.8 Å². The summed E-state index contributed by atoms with van der Waals surface area (Å²) in [5.41, 5.74) is 1.12. The fraction of sp³-hybridized carbons (Fsp3) is 0.308. The van der Waals surface area contributed by atoms with Gasteiger partial charge in [-0.1, -0.05) is 0 Å². The van der Waals surface area contributed by atoms with Crippen LogP contribution in [0.4, 0.5) is 11.4 Å². The van der Waals surface area contributed by atoms with Crippen molar-refractivity contribution in [2.24, 2.45) is 0 Å². The molecule has 0 atom stereocenters. The first-order valence-electron chi connectivity index (χ1n) is 6.10. The van der Waals surface area contributed by atoms with Crippen molar-refractivity contribution in [3.05, 3.63) is 40.0 Å². The predicted molar refractivity (Wildman–Crippen MR) is 79.3 cm³/mol. The predicted octanol–water partition coefficient (Wildman–Crippen LogP) is 2.25. The highest BCUT2D eigenvalue weighted by molar-refractivity contribution is 7.99. The largest absolute Gasteiger partial charge is 0.478 e. The number of nitro groups is 1. The Bertz CT molecular complexity index is 553. The van der Waals surface area contributed by atoms with Crippen molar-refractivity contribution in [2.45, 2.75) is 0 Å². The molecule has 0 aliphatic carbocycles. The van der Waals surface area contributed by atoms with Gasteiger partial charge in [0.05, 0.1) is 10.5 Å². The third-order valence-corrected chi connectivity index (χ3v) is 3.93.